The molecule has 1 rings (SSSR count). The minimum absolute atomic E-state index is 0.170. The number of rotatable bonds is 9. The molecule has 0 aliphatic heterocycles. The minimum atomic E-state index is -0.535. The molecule has 0 heterocycles. The van der Waals surface area contributed by atoms with E-state index in [1.165, 1.54) is 12.1 Å². The number of nitrogens with two attached hydrogens (primary N) is 1. The average molecular weight is 295 g/mol. The highest BCUT2D eigenvalue weighted by Gasteiger charge is 2.17. The molecule has 0 spiro atoms. The van der Waals surface area contributed by atoms with E-state index in [0.717, 1.165) is 12.8 Å². The lowest BCUT2D eigenvalue weighted by atomic mass is 10.2. The molecule has 7 heteroatoms. The van der Waals surface area contributed by atoms with Gasteiger partial charge in [-0.2, -0.15) is 0 Å². The summed E-state index contributed by atoms with van der Waals surface area (Å²) in [5, 5.41) is 13.6. The average Bonchev–Trinajstić information content (AvgIpc) is 2.45. The third-order valence-corrected chi connectivity index (χ3v) is 2.86. The topological polar surface area (TPSA) is 107 Å². The van der Waals surface area contributed by atoms with Gasteiger partial charge < -0.3 is 15.8 Å². The quantitative estimate of drug-likeness (QED) is 0.413. The number of unbranched alkanes of at least 4 members (excludes halogenated alkanes) is 2. The molecule has 21 heavy (non-hydrogen) atoms. The van der Waals surface area contributed by atoms with Crippen molar-refractivity contribution in [2.45, 2.75) is 32.6 Å². The first kappa shape index (κ1) is 16.9. The largest absolute Gasteiger partial charge is 0.494 e. The maximum Gasteiger partial charge on any atom is 0.296 e. The highest BCUT2D eigenvalue weighted by molar-refractivity contribution is 5.93. The van der Waals surface area contributed by atoms with Gasteiger partial charge in [-0.15, -0.1) is 0 Å². The van der Waals surface area contributed by atoms with Gasteiger partial charge in [-0.05, 0) is 38.4 Å². The van der Waals surface area contributed by atoms with Crippen molar-refractivity contribution in [1.82, 2.24) is 0 Å². The Kier molecular flexibility index (Phi) is 7.17. The van der Waals surface area contributed by atoms with Crippen LogP contribution in [0.1, 0.15) is 32.6 Å². The van der Waals surface area contributed by atoms with Crippen molar-refractivity contribution in [3.8, 4) is 5.75 Å². The van der Waals surface area contributed by atoms with Gasteiger partial charge in [0.25, 0.3) is 5.69 Å². The lowest BCUT2D eigenvalue weighted by Gasteiger charge is -2.08. The molecular weight excluding hydrogens is 274 g/mol. The lowest BCUT2D eigenvalue weighted by Crippen LogP contribution is -2.12. The Morgan fingerprint density at radius 1 is 1.38 bits per heavy atom. The molecule has 0 saturated carbocycles. The monoisotopic (exact) mass is 295 g/mol. The number of ether oxygens (including phenoxy) is 1. The molecule has 3 N–H and O–H groups in total. The molecule has 7 nitrogen and oxygen atoms in total. The molecule has 1 aromatic rings. The molecule has 1 aromatic carbocycles. The normalized spacial score (nSPS) is 10.2. The Balaban J connectivity index is 2.68. The number of benzene rings is 1. The number of hydrogen-bond donors (Lipinski definition) is 2. The summed E-state index contributed by atoms with van der Waals surface area (Å²) >= 11 is 0. The van der Waals surface area contributed by atoms with Crippen molar-refractivity contribution in [1.29, 1.82) is 0 Å². The molecule has 1 amide bonds. The maximum absolute atomic E-state index is 11.8. The van der Waals surface area contributed by atoms with Gasteiger partial charge in [-0.1, -0.05) is 6.42 Å². The van der Waals surface area contributed by atoms with Crippen LogP contribution in [0.2, 0.25) is 0 Å². The Morgan fingerprint density at radius 3 is 2.76 bits per heavy atom. The molecule has 0 aliphatic rings. The van der Waals surface area contributed by atoms with E-state index >= 15 is 0 Å². The first-order valence-electron chi connectivity index (χ1n) is 6.99. The van der Waals surface area contributed by atoms with Gasteiger partial charge in [0.15, 0.2) is 0 Å². The number of hydrogen-bond acceptors (Lipinski definition) is 5. The van der Waals surface area contributed by atoms with Crippen LogP contribution in [0.15, 0.2) is 18.2 Å². The summed E-state index contributed by atoms with van der Waals surface area (Å²) in [4.78, 5) is 22.3. The van der Waals surface area contributed by atoms with Crippen molar-refractivity contribution in [3.63, 3.8) is 0 Å². The van der Waals surface area contributed by atoms with Crippen molar-refractivity contribution >= 4 is 17.3 Å². The summed E-state index contributed by atoms with van der Waals surface area (Å²) in [6, 6.07) is 4.40. The molecule has 0 saturated heterocycles. The zero-order valence-electron chi connectivity index (χ0n) is 12.1. The van der Waals surface area contributed by atoms with E-state index in [9.17, 15) is 14.9 Å². The molecule has 0 radical (unpaired) electrons. The Bertz CT molecular complexity index is 491. The number of nitro groups is 1. The van der Waals surface area contributed by atoms with E-state index in [1.807, 2.05) is 0 Å². The fraction of sp³-hybridized carbons (Fsp3) is 0.500. The third-order valence-electron chi connectivity index (χ3n) is 2.86. The van der Waals surface area contributed by atoms with Crippen LogP contribution in [-0.4, -0.2) is 24.0 Å². The van der Waals surface area contributed by atoms with Crippen LogP contribution in [-0.2, 0) is 4.79 Å². The third kappa shape index (κ3) is 5.78. The van der Waals surface area contributed by atoms with Crippen molar-refractivity contribution in [3.05, 3.63) is 28.3 Å². The summed E-state index contributed by atoms with van der Waals surface area (Å²) in [6.07, 6.45) is 2.78. The first-order valence-corrected chi connectivity index (χ1v) is 6.99. The summed E-state index contributed by atoms with van der Waals surface area (Å²) in [7, 11) is 0. The van der Waals surface area contributed by atoms with Crippen molar-refractivity contribution in [2.75, 3.05) is 18.5 Å². The fourth-order valence-electron chi connectivity index (χ4n) is 1.84. The number of nitrogens with zero attached hydrogens (tertiary/aromatic N) is 1. The van der Waals surface area contributed by atoms with Gasteiger partial charge in [0.2, 0.25) is 5.91 Å². The van der Waals surface area contributed by atoms with Crippen LogP contribution in [0, 0.1) is 10.1 Å². The molecule has 0 atom stereocenters. The zero-order valence-corrected chi connectivity index (χ0v) is 12.1. The van der Waals surface area contributed by atoms with E-state index in [2.05, 4.69) is 5.32 Å². The van der Waals surface area contributed by atoms with Crippen molar-refractivity contribution in [2.24, 2.45) is 5.73 Å². The van der Waals surface area contributed by atoms with Crippen LogP contribution in [0.3, 0.4) is 0 Å². The van der Waals surface area contributed by atoms with Gasteiger partial charge in [-0.25, -0.2) is 0 Å². The number of nitro benzene ring substituents is 1. The minimum Gasteiger partial charge on any atom is -0.494 e. The summed E-state index contributed by atoms with van der Waals surface area (Å²) in [5.41, 5.74) is 5.39. The molecule has 0 aromatic heterocycles. The zero-order chi connectivity index (χ0) is 15.7. The second-order valence-corrected chi connectivity index (χ2v) is 4.52. The molecular formula is C14H21N3O4. The van der Waals surface area contributed by atoms with E-state index < -0.39 is 4.92 Å². The highest BCUT2D eigenvalue weighted by Crippen LogP contribution is 2.29. The number of carbonyl (C=O) groups excluding carboxylic acids is 1. The summed E-state index contributed by atoms with van der Waals surface area (Å²) in [6.45, 7) is 2.82. The van der Waals surface area contributed by atoms with Crippen LogP contribution >= 0.6 is 0 Å². The van der Waals surface area contributed by atoms with Gasteiger partial charge in [0.05, 0.1) is 17.6 Å². The number of carbonyl (C=O) groups is 1. The van der Waals surface area contributed by atoms with Crippen LogP contribution < -0.4 is 15.8 Å². The van der Waals surface area contributed by atoms with Crippen LogP contribution in [0.5, 0.6) is 5.75 Å². The Morgan fingerprint density at radius 2 is 2.14 bits per heavy atom. The highest BCUT2D eigenvalue weighted by atomic mass is 16.6. The van der Waals surface area contributed by atoms with Gasteiger partial charge in [-0.3, -0.25) is 14.9 Å². The van der Waals surface area contributed by atoms with Gasteiger partial charge >= 0.3 is 0 Å². The number of nitrogens with one attached hydrogen (secondary N) is 1. The standard InChI is InChI=1S/C14H21N3O4/c1-2-21-11-7-8-12(13(10-11)17(19)20)16-14(18)6-4-3-5-9-15/h7-8,10H,2-6,9,15H2,1H3,(H,16,18). The first-order chi connectivity index (χ1) is 10.1. The molecule has 0 aliphatic carbocycles. The smallest absolute Gasteiger partial charge is 0.296 e. The molecule has 0 fully saturated rings. The molecule has 0 unspecified atom stereocenters. The Labute approximate surface area is 123 Å². The van der Waals surface area contributed by atoms with E-state index in [0.29, 0.717) is 31.7 Å². The van der Waals surface area contributed by atoms with Gasteiger partial charge in [0.1, 0.15) is 11.4 Å². The maximum atomic E-state index is 11.8. The van der Waals surface area contributed by atoms with Crippen LogP contribution in [0.4, 0.5) is 11.4 Å². The summed E-state index contributed by atoms with van der Waals surface area (Å²) in [5.74, 6) is 0.171. The van der Waals surface area contributed by atoms with Crippen LogP contribution in [0.25, 0.3) is 0 Å². The predicted octanol–water partition coefficient (Wildman–Crippen LogP) is 2.45. The Hall–Kier alpha value is -2.15. The molecule has 0 bridgehead atoms. The van der Waals surface area contributed by atoms with E-state index in [4.69, 9.17) is 10.5 Å². The predicted molar refractivity (Wildman–Crippen MR) is 80.4 cm³/mol. The number of anilines is 1. The lowest BCUT2D eigenvalue weighted by molar-refractivity contribution is -0.384. The molecule has 116 valence electrons. The van der Waals surface area contributed by atoms with E-state index in [-0.39, 0.29) is 17.3 Å². The fourth-order valence-corrected chi connectivity index (χ4v) is 1.84. The van der Waals surface area contributed by atoms with Gasteiger partial charge in [0, 0.05) is 6.42 Å². The summed E-state index contributed by atoms with van der Waals surface area (Å²) < 4.78 is 5.22. The SMILES string of the molecule is CCOc1ccc(NC(=O)CCCCCN)c([N+](=O)[O-])c1. The second-order valence-electron chi connectivity index (χ2n) is 4.52. The number of amides is 1. The van der Waals surface area contributed by atoms with Crippen molar-refractivity contribution < 1.29 is 14.5 Å². The second kappa shape index (κ2) is 8.91. The van der Waals surface area contributed by atoms with E-state index in [1.54, 1.807) is 13.0 Å².